The topological polar surface area (TPSA) is 159 Å². The second-order valence-corrected chi connectivity index (χ2v) is 34.0. The summed E-state index contributed by atoms with van der Waals surface area (Å²) in [6.45, 7) is 35.5. The molecule has 1 N–H and O–H groups in total. The molecule has 57 heavy (non-hydrogen) atoms. The van der Waals surface area contributed by atoms with Crippen LogP contribution in [0.5, 0.6) is 0 Å². The fourth-order valence-electron chi connectivity index (χ4n) is 5.93. The van der Waals surface area contributed by atoms with Gasteiger partial charge in [0.25, 0.3) is 5.56 Å². The van der Waals surface area contributed by atoms with Gasteiger partial charge in [-0.05, 0) is 73.5 Å². The van der Waals surface area contributed by atoms with Crippen molar-refractivity contribution >= 4 is 60.0 Å². The Morgan fingerprint density at radius 3 is 1.95 bits per heavy atom. The number of imidazole rings is 2. The molecule has 320 valence electrons. The number of rotatable bonds is 12. The van der Waals surface area contributed by atoms with Gasteiger partial charge in [0, 0.05) is 7.05 Å². The molecule has 1 aliphatic heterocycles. The van der Waals surface area contributed by atoms with Crippen LogP contribution in [0.25, 0.3) is 23.0 Å². The zero-order valence-corrected chi connectivity index (χ0v) is 40.7. The molecule has 0 aromatic carbocycles. The third-order valence-corrected chi connectivity index (χ3v) is 26.1. The molecule has 0 unspecified atom stereocenters. The van der Waals surface area contributed by atoms with Crippen molar-refractivity contribution in [3.8, 4) is 0 Å². The summed E-state index contributed by atoms with van der Waals surface area (Å²) < 4.78 is 43.4. The van der Waals surface area contributed by atoms with E-state index in [0.29, 0.717) is 29.4 Å². The molecule has 1 fully saturated rings. The predicted octanol–water partition coefficient (Wildman–Crippen LogP) is 7.30. The maximum absolute atomic E-state index is 14.5. The number of aryl methyl sites for hydroxylation is 2. The van der Waals surface area contributed by atoms with Gasteiger partial charge in [-0.2, -0.15) is 0 Å². The first-order valence-electron chi connectivity index (χ1n) is 19.6. The van der Waals surface area contributed by atoms with Crippen LogP contribution in [0.2, 0.25) is 54.4 Å². The molecular weight excluding hydrogens is 781 g/mol. The highest BCUT2D eigenvalue weighted by Gasteiger charge is 2.55. The fourth-order valence-corrected chi connectivity index (χ4v) is 9.55. The molecule has 3 aromatic rings. The zero-order valence-electron chi connectivity index (χ0n) is 37.7. The molecule has 1 aliphatic rings. The molecule has 5 atom stereocenters. The molecule has 4 heterocycles. The first kappa shape index (κ1) is 46.5. The van der Waals surface area contributed by atoms with Gasteiger partial charge in [0.2, 0.25) is 5.78 Å². The average molecular weight is 849 g/mol. The van der Waals surface area contributed by atoms with E-state index in [1.54, 1.807) is 19.3 Å². The van der Waals surface area contributed by atoms with Gasteiger partial charge in [0.15, 0.2) is 42.3 Å². The van der Waals surface area contributed by atoms with Crippen molar-refractivity contribution in [3.05, 3.63) is 34.1 Å². The molecule has 0 aliphatic carbocycles. The SMILES string of the molecule is COC(=O)N[C@@H](C=Cc1c(C)nc2n(C)c3c(ncn3[C@@H]3O[C@H](CO[Si](C)(C)C(C)(C)C)[C@@H](O[Si](C)(C)C(C)(C)C)[C@H]3O[Si](C)(C)C(C)(C)C)c(=O)n12)C(=O)OC. The van der Waals surface area contributed by atoms with E-state index in [-0.39, 0.29) is 20.6 Å². The Morgan fingerprint density at radius 1 is 0.895 bits per heavy atom. The normalized spacial score (nSPS) is 20.8. The van der Waals surface area contributed by atoms with E-state index >= 15 is 0 Å². The molecule has 15 nitrogen and oxygen atoms in total. The highest BCUT2D eigenvalue weighted by atomic mass is 28.4. The van der Waals surface area contributed by atoms with Crippen LogP contribution in [-0.4, -0.2) is 106 Å². The number of ether oxygens (including phenoxy) is 3. The molecule has 0 spiro atoms. The predicted molar refractivity (Wildman–Crippen MR) is 230 cm³/mol. The minimum absolute atomic E-state index is 0.0174. The Morgan fingerprint density at radius 2 is 1.44 bits per heavy atom. The number of hydrogen-bond donors (Lipinski definition) is 1. The number of alkyl carbamates (subject to hydrolysis) is 1. The van der Waals surface area contributed by atoms with Gasteiger partial charge in [-0.25, -0.2) is 24.0 Å². The van der Waals surface area contributed by atoms with Crippen molar-refractivity contribution in [2.24, 2.45) is 7.05 Å². The van der Waals surface area contributed by atoms with Gasteiger partial charge in [-0.1, -0.05) is 62.3 Å². The van der Waals surface area contributed by atoms with E-state index in [1.807, 2.05) is 16.2 Å². The van der Waals surface area contributed by atoms with Gasteiger partial charge >= 0.3 is 12.1 Å². The summed E-state index contributed by atoms with van der Waals surface area (Å²) in [7, 11) is -2.83. The summed E-state index contributed by atoms with van der Waals surface area (Å²) in [4.78, 5) is 48.4. The molecule has 1 amide bonds. The zero-order chi connectivity index (χ0) is 43.4. The van der Waals surface area contributed by atoms with E-state index in [9.17, 15) is 14.4 Å². The summed E-state index contributed by atoms with van der Waals surface area (Å²) in [5, 5.41) is 2.20. The Labute approximate surface area is 341 Å². The Bertz CT molecular complexity index is 2050. The largest absolute Gasteiger partial charge is 0.467 e. The van der Waals surface area contributed by atoms with Crippen LogP contribution in [0.15, 0.2) is 17.2 Å². The Balaban J connectivity index is 1.94. The fraction of sp³-hybridized carbons (Fsp3) is 0.718. The van der Waals surface area contributed by atoms with Crippen molar-refractivity contribution < 1.29 is 37.1 Å². The summed E-state index contributed by atoms with van der Waals surface area (Å²) >= 11 is 0. The molecule has 0 saturated carbocycles. The lowest BCUT2D eigenvalue weighted by Crippen LogP contribution is -2.54. The quantitative estimate of drug-likeness (QED) is 0.144. The van der Waals surface area contributed by atoms with Crippen LogP contribution in [0.3, 0.4) is 0 Å². The summed E-state index contributed by atoms with van der Waals surface area (Å²) in [5.41, 5.74) is 1.19. The second-order valence-electron chi connectivity index (χ2n) is 19.7. The van der Waals surface area contributed by atoms with Gasteiger partial charge < -0.3 is 32.8 Å². The van der Waals surface area contributed by atoms with Crippen molar-refractivity contribution in [1.29, 1.82) is 0 Å². The molecule has 18 heteroatoms. The van der Waals surface area contributed by atoms with Crippen LogP contribution in [0, 0.1) is 6.92 Å². The third-order valence-electron chi connectivity index (χ3n) is 12.7. The van der Waals surface area contributed by atoms with E-state index in [2.05, 4.69) is 112 Å². The van der Waals surface area contributed by atoms with Crippen molar-refractivity contribution in [2.75, 3.05) is 20.8 Å². The van der Waals surface area contributed by atoms with Crippen molar-refractivity contribution in [1.82, 2.24) is 28.8 Å². The monoisotopic (exact) mass is 848 g/mol. The molecule has 4 rings (SSSR count). The third kappa shape index (κ3) is 9.21. The number of carbonyl (C=O) groups excluding carboxylic acids is 2. The van der Waals surface area contributed by atoms with Crippen LogP contribution >= 0.6 is 0 Å². The number of carbonyl (C=O) groups is 2. The van der Waals surface area contributed by atoms with Gasteiger partial charge in [-0.15, -0.1) is 0 Å². The maximum atomic E-state index is 14.5. The molecule has 0 radical (unpaired) electrons. The molecular formula is C39H68N6O9Si3. The highest BCUT2D eigenvalue weighted by Crippen LogP contribution is 2.47. The molecule has 0 bridgehead atoms. The maximum Gasteiger partial charge on any atom is 0.407 e. The van der Waals surface area contributed by atoms with Gasteiger partial charge in [-0.3, -0.25) is 13.9 Å². The van der Waals surface area contributed by atoms with Crippen molar-refractivity contribution in [2.45, 2.75) is 154 Å². The van der Waals surface area contributed by atoms with E-state index < -0.39 is 73.2 Å². The summed E-state index contributed by atoms with van der Waals surface area (Å²) in [6, 6.07) is -1.17. The van der Waals surface area contributed by atoms with Gasteiger partial charge in [0.1, 0.15) is 24.4 Å². The minimum atomic E-state index is -2.46. The number of esters is 1. The number of amides is 1. The number of nitrogens with one attached hydrogen (secondary N) is 1. The number of aromatic nitrogens is 5. The molecule has 3 aromatic heterocycles. The van der Waals surface area contributed by atoms with E-state index in [1.165, 1.54) is 24.7 Å². The lowest BCUT2D eigenvalue weighted by atomic mass is 10.1. The first-order valence-corrected chi connectivity index (χ1v) is 28.3. The lowest BCUT2D eigenvalue weighted by Gasteiger charge is -2.44. The standard InChI is InChI=1S/C39H68N6O9Si3/c1-24-26(21-20-25(34(47)49-12)42-36(48)50-13)45-32(46)28-31(43(11)35(45)41-24)44(23-40-28)33-30(54-57(18,19)39(8,9)10)29(53-56(16,17)38(5,6)7)27(52-33)22-51-55(14,15)37(2,3)4/h20-21,23,25,27,29-30,33H,22H2,1-19H3,(H,42,48)/t25-,27+,29+,30+,33+/m0/s1. The first-order chi connectivity index (χ1) is 25.9. The summed E-state index contributed by atoms with van der Waals surface area (Å²) in [6.07, 6.45) is 1.56. The lowest BCUT2D eigenvalue weighted by molar-refractivity contribution is -0.141. The number of methoxy groups -OCH3 is 2. The average Bonchev–Trinajstić information content (AvgIpc) is 3.76. The van der Waals surface area contributed by atoms with Crippen molar-refractivity contribution in [3.63, 3.8) is 0 Å². The van der Waals surface area contributed by atoms with E-state index in [4.69, 9.17) is 32.7 Å². The second kappa shape index (κ2) is 16.1. The highest BCUT2D eigenvalue weighted by molar-refractivity contribution is 6.75. The van der Waals surface area contributed by atoms with Crippen LogP contribution in [0.4, 0.5) is 4.79 Å². The smallest absolute Gasteiger partial charge is 0.407 e. The van der Waals surface area contributed by atoms with Crippen LogP contribution in [-0.2, 0) is 39.3 Å². The Kier molecular flexibility index (Phi) is 13.2. The van der Waals surface area contributed by atoms with Gasteiger partial charge in [0.05, 0.1) is 38.5 Å². The Hall–Kier alpha value is -3.14. The van der Waals surface area contributed by atoms with Crippen LogP contribution in [0.1, 0.15) is 79.9 Å². The van der Waals surface area contributed by atoms with Crippen LogP contribution < -0.4 is 10.9 Å². The number of fused-ring (bicyclic) bond motifs is 2. The molecule has 1 saturated heterocycles. The number of nitrogens with zero attached hydrogens (tertiary/aromatic N) is 5. The number of hydrogen-bond acceptors (Lipinski definition) is 11. The van der Waals surface area contributed by atoms with E-state index in [0.717, 1.165) is 0 Å². The summed E-state index contributed by atoms with van der Waals surface area (Å²) in [5.74, 6) is -0.374. The minimum Gasteiger partial charge on any atom is -0.467 e.